The van der Waals surface area contributed by atoms with Crippen molar-refractivity contribution in [3.8, 4) is 0 Å². The maximum absolute atomic E-state index is 12.5. The van der Waals surface area contributed by atoms with Crippen LogP contribution < -0.4 is 5.73 Å². The Labute approximate surface area is 209 Å². The van der Waals surface area contributed by atoms with E-state index in [9.17, 15) is 4.79 Å². The van der Waals surface area contributed by atoms with E-state index in [-0.39, 0.29) is 11.3 Å². The van der Waals surface area contributed by atoms with Gasteiger partial charge in [-0.2, -0.15) is 0 Å². The van der Waals surface area contributed by atoms with E-state index in [1.54, 1.807) is 0 Å². The first-order valence-corrected chi connectivity index (χ1v) is 16.9. The fourth-order valence-electron chi connectivity index (χ4n) is 12.7. The van der Waals surface area contributed by atoms with Gasteiger partial charge in [0, 0.05) is 8.41 Å². The Bertz CT molecular complexity index is 1020. The molecule has 8 saturated carbocycles. The van der Waals surface area contributed by atoms with Crippen LogP contribution in [0.2, 0.25) is 10.6 Å². The van der Waals surface area contributed by atoms with Crippen molar-refractivity contribution < 1.29 is 4.79 Å². The topological polar surface area (TPSA) is 43.1 Å². The largest absolute Gasteiger partial charge is 0.369 e. The second-order valence-electron chi connectivity index (χ2n) is 13.5. The number of primary amides is 1. The molecule has 2 nitrogen and oxygen atoms in total. The van der Waals surface area contributed by atoms with Crippen LogP contribution in [0.3, 0.4) is 0 Å². The van der Waals surface area contributed by atoms with E-state index in [4.69, 9.17) is 5.73 Å². The Balaban J connectivity index is 1.14. The van der Waals surface area contributed by atoms with Crippen molar-refractivity contribution in [1.82, 2.24) is 0 Å². The molecule has 3 heteroatoms. The fourth-order valence-corrected chi connectivity index (χ4v) is 18.5. The maximum Gasteiger partial charge on any atom is 0.224 e. The zero-order valence-electron chi connectivity index (χ0n) is 22.3. The van der Waals surface area contributed by atoms with Crippen molar-refractivity contribution in [2.24, 2.45) is 45.7 Å². The Hall–Kier alpha value is -0.703. The summed E-state index contributed by atoms with van der Waals surface area (Å²) in [6, 6.07) is 0. The molecule has 1 amide bonds. The second-order valence-corrected chi connectivity index (χ2v) is 16.6. The number of unbranched alkanes of at least 4 members (excludes halogenated alkanes) is 8. The lowest BCUT2D eigenvalue weighted by atomic mass is 9.65. The summed E-state index contributed by atoms with van der Waals surface area (Å²) >= 11 is 0. The highest BCUT2D eigenvalue weighted by molar-refractivity contribution is 6.81. The molecule has 0 aromatic rings. The third kappa shape index (κ3) is 1.89. The number of hydrogen-bond acceptors (Lipinski definition) is 1. The van der Waals surface area contributed by atoms with Gasteiger partial charge in [-0.3, -0.25) is 4.79 Å². The summed E-state index contributed by atoms with van der Waals surface area (Å²) in [4.78, 5) is 12.5. The lowest BCUT2D eigenvalue weighted by Crippen LogP contribution is -2.51. The van der Waals surface area contributed by atoms with Gasteiger partial charge >= 0.3 is 0 Å². The number of carbonyl (C=O) groups excluding carboxylic acids is 1. The van der Waals surface area contributed by atoms with Crippen molar-refractivity contribution in [3.05, 3.63) is 11.1 Å². The maximum atomic E-state index is 12.5. The van der Waals surface area contributed by atoms with Gasteiger partial charge in [0.05, 0.1) is 5.41 Å². The van der Waals surface area contributed by atoms with E-state index in [2.05, 4.69) is 27.7 Å². The predicted molar refractivity (Wildman–Crippen MR) is 142 cm³/mol. The van der Waals surface area contributed by atoms with Crippen LogP contribution in [0, 0.1) is 39.9 Å². The van der Waals surface area contributed by atoms with Gasteiger partial charge in [-0.05, 0) is 89.2 Å². The molecule has 186 valence electrons. The Morgan fingerprint density at radius 1 is 0.971 bits per heavy atom. The monoisotopic (exact) mass is 477 g/mol. The Morgan fingerprint density at radius 2 is 1.62 bits per heavy atom. The number of carbonyl (C=O) groups is 1. The highest BCUT2D eigenvalue weighted by Crippen LogP contribution is 3.33. The molecule has 9 rings (SSSR count). The van der Waals surface area contributed by atoms with Gasteiger partial charge < -0.3 is 5.73 Å². The summed E-state index contributed by atoms with van der Waals surface area (Å²) in [5.74, 6) is 3.41. The number of hydrogen-bond donors (Lipinski definition) is 1. The average Bonchev–Trinajstić information content (AvgIpc) is 3.65. The van der Waals surface area contributed by atoms with Crippen molar-refractivity contribution in [1.29, 1.82) is 0 Å². The van der Waals surface area contributed by atoms with Gasteiger partial charge in [-0.1, -0.05) is 89.8 Å². The lowest BCUT2D eigenvalue weighted by molar-refractivity contribution is -0.129. The van der Waals surface area contributed by atoms with Crippen molar-refractivity contribution >= 4 is 19.5 Å². The van der Waals surface area contributed by atoms with E-state index in [1.165, 1.54) is 89.9 Å². The quantitative estimate of drug-likeness (QED) is 0.197. The summed E-state index contributed by atoms with van der Waals surface area (Å²) in [5, 5.41) is 2.71. The van der Waals surface area contributed by atoms with Crippen LogP contribution in [0.25, 0.3) is 0 Å². The van der Waals surface area contributed by atoms with Gasteiger partial charge in [0.25, 0.3) is 0 Å². The molecule has 8 aliphatic carbocycles. The molecule has 1 aliphatic heterocycles. The molecular weight excluding hydrogens is 430 g/mol. The molecule has 0 radical (unpaired) electrons. The molecule has 2 N–H and O–H groups in total. The van der Waals surface area contributed by atoms with Gasteiger partial charge in [0.1, 0.15) is 0 Å². The van der Waals surface area contributed by atoms with E-state index < -0.39 is 8.41 Å². The molecule has 9 unspecified atom stereocenters. The molecule has 2 spiro atoms. The van der Waals surface area contributed by atoms with Crippen molar-refractivity contribution in [3.63, 3.8) is 0 Å². The van der Waals surface area contributed by atoms with Gasteiger partial charge in [-0.15, -0.1) is 0 Å². The molecule has 9 aliphatic rings. The minimum absolute atomic E-state index is 0.0263. The highest BCUT2D eigenvalue weighted by Gasteiger charge is 3.31. The summed E-state index contributed by atoms with van der Waals surface area (Å²) in [6.07, 6.45) is 19.5. The molecule has 9 atom stereocenters. The van der Waals surface area contributed by atoms with Crippen molar-refractivity contribution in [2.75, 3.05) is 0 Å². The van der Waals surface area contributed by atoms with E-state index in [0.717, 1.165) is 23.3 Å². The van der Waals surface area contributed by atoms with E-state index in [0.29, 0.717) is 21.8 Å². The SMILES string of the molecule is CCCCCCCCC1=C(CCCCCC)C(CC)=[Si](C23C4C5CC26C2C5(C(N)=O)C26C43)C1C. The summed E-state index contributed by atoms with van der Waals surface area (Å²) in [6.45, 7) is 9.81. The molecule has 4 bridgehead atoms. The number of amides is 1. The van der Waals surface area contributed by atoms with Crippen LogP contribution in [0.4, 0.5) is 0 Å². The molecule has 1 heterocycles. The summed E-state index contributed by atoms with van der Waals surface area (Å²) in [7, 11) is -0.537. The first kappa shape index (κ1) is 22.5. The van der Waals surface area contributed by atoms with E-state index >= 15 is 0 Å². The Kier molecular flexibility index (Phi) is 4.62. The number of nitrogens with two attached hydrogens (primary N) is 1. The highest BCUT2D eigenvalue weighted by atomic mass is 28.2. The van der Waals surface area contributed by atoms with Crippen LogP contribution in [-0.2, 0) is 4.79 Å². The average molecular weight is 478 g/mol. The normalized spacial score (nSPS) is 49.0. The first-order chi connectivity index (χ1) is 16.5. The summed E-state index contributed by atoms with van der Waals surface area (Å²) in [5.41, 5.74) is 11.9. The van der Waals surface area contributed by atoms with Crippen LogP contribution >= 0.6 is 0 Å². The Morgan fingerprint density at radius 3 is 2.18 bits per heavy atom. The molecule has 34 heavy (non-hydrogen) atoms. The summed E-state index contributed by atoms with van der Waals surface area (Å²) < 4.78 is 0. The third-order valence-electron chi connectivity index (χ3n) is 13.0. The molecule has 0 aromatic heterocycles. The zero-order valence-corrected chi connectivity index (χ0v) is 23.3. The standard InChI is InChI=1S/C31H47NOSi/c1-5-8-10-12-13-15-16-20-19(4)34(23(7-3)21(20)17-14-11-9-6-2)31-24-22-18-28(31)26-29(22,27(32)33)30(26,28)25(24)31/h19,22,24-26H,5-18H2,1-4H3,(H2,32,33). The van der Waals surface area contributed by atoms with Crippen molar-refractivity contribution in [2.45, 2.75) is 128 Å². The zero-order chi connectivity index (χ0) is 23.7. The molecule has 0 aromatic carbocycles. The number of rotatable bonds is 15. The second kappa shape index (κ2) is 6.99. The van der Waals surface area contributed by atoms with E-state index in [1.807, 2.05) is 16.3 Å². The van der Waals surface area contributed by atoms with Crippen LogP contribution in [0.15, 0.2) is 11.1 Å². The minimum Gasteiger partial charge on any atom is -0.369 e. The molecule has 0 saturated heterocycles. The van der Waals surface area contributed by atoms with Crippen LogP contribution in [-0.4, -0.2) is 19.5 Å². The molecule has 8 fully saturated rings. The predicted octanol–water partition coefficient (Wildman–Crippen LogP) is 7.19. The lowest BCUT2D eigenvalue weighted by Gasteiger charge is -2.48. The van der Waals surface area contributed by atoms with Crippen LogP contribution in [0.5, 0.6) is 0 Å². The fraction of sp³-hybridized carbons (Fsp3) is 0.871. The van der Waals surface area contributed by atoms with Gasteiger partial charge in [-0.25, -0.2) is 0 Å². The molecular formula is C31H47NOSi. The number of allylic oxidation sites excluding steroid dienone is 2. The van der Waals surface area contributed by atoms with Gasteiger partial charge in [0.2, 0.25) is 5.91 Å². The minimum atomic E-state index is -0.537. The van der Waals surface area contributed by atoms with Gasteiger partial charge in [0.15, 0.2) is 0 Å². The van der Waals surface area contributed by atoms with Crippen LogP contribution in [0.1, 0.15) is 118 Å². The smallest absolute Gasteiger partial charge is 0.224 e. The first-order valence-electron chi connectivity index (χ1n) is 15.3. The third-order valence-corrected chi connectivity index (χ3v) is 17.5.